The van der Waals surface area contributed by atoms with Crippen molar-refractivity contribution in [3.05, 3.63) is 251 Å². The van der Waals surface area contributed by atoms with Gasteiger partial charge >= 0.3 is 0 Å². The molecule has 9 rings (SSSR count). The molecule has 0 spiro atoms. The molecule has 0 bridgehead atoms. The van der Waals surface area contributed by atoms with Crippen LogP contribution in [-0.4, -0.2) is 9.13 Å². The van der Waals surface area contributed by atoms with Crippen molar-refractivity contribution in [2.45, 2.75) is 40.5 Å². The Hall–Kier alpha value is -7.82. The summed E-state index contributed by atoms with van der Waals surface area (Å²) in [6.07, 6.45) is 24.4. The molecule has 0 amide bonds. The molecule has 4 heteroatoms. The molecule has 0 atom stereocenters. The molecule has 0 saturated carbocycles. The van der Waals surface area contributed by atoms with Crippen LogP contribution < -0.4 is 20.4 Å². The minimum atomic E-state index is 1.01. The summed E-state index contributed by atoms with van der Waals surface area (Å²) in [6, 6.07) is 55.8. The first-order valence-electron chi connectivity index (χ1n) is 22.2. The maximum absolute atomic E-state index is 4.52. The largest absolute Gasteiger partial charge is 0.321 e. The van der Waals surface area contributed by atoms with Crippen molar-refractivity contribution in [1.82, 2.24) is 9.13 Å². The second-order valence-corrected chi connectivity index (χ2v) is 16.4. The van der Waals surface area contributed by atoms with Crippen LogP contribution in [0.1, 0.15) is 40.5 Å². The Bertz CT molecular complexity index is 3310. The van der Waals surface area contributed by atoms with E-state index in [0.717, 1.165) is 68.5 Å². The fraction of sp³-hybridized carbons (Fsp3) is 0.100. The minimum Gasteiger partial charge on any atom is -0.321 e. The van der Waals surface area contributed by atoms with Crippen LogP contribution in [0.4, 0.5) is 11.4 Å². The number of hydrogen-bond acceptors (Lipinski definition) is 2. The van der Waals surface area contributed by atoms with Gasteiger partial charge in [-0.25, -0.2) is 0 Å². The van der Waals surface area contributed by atoms with Crippen LogP contribution in [0.15, 0.2) is 241 Å². The van der Waals surface area contributed by atoms with Gasteiger partial charge in [-0.1, -0.05) is 122 Å². The highest BCUT2D eigenvalue weighted by Crippen LogP contribution is 2.37. The number of benzene rings is 6. The fourth-order valence-corrected chi connectivity index (χ4v) is 8.76. The van der Waals surface area contributed by atoms with E-state index in [-0.39, 0.29) is 0 Å². The topological polar surface area (TPSA) is 16.3 Å². The third-order valence-electron chi connectivity index (χ3n) is 12.2. The number of rotatable bonds is 12. The van der Waals surface area contributed by atoms with Crippen LogP contribution in [0.3, 0.4) is 0 Å². The molecule has 0 N–H and O–H groups in total. The minimum absolute atomic E-state index is 1.01. The second kappa shape index (κ2) is 18.7. The molecule has 64 heavy (non-hydrogen) atoms. The van der Waals surface area contributed by atoms with E-state index in [4.69, 9.17) is 0 Å². The first-order valence-corrected chi connectivity index (χ1v) is 22.2. The van der Waals surface area contributed by atoms with Crippen LogP contribution in [-0.2, 0) is 0 Å². The molecule has 2 heterocycles. The van der Waals surface area contributed by atoms with Gasteiger partial charge in [-0.15, -0.1) is 0 Å². The highest BCUT2D eigenvalue weighted by atomic mass is 15.2. The molecule has 6 aromatic carbocycles. The number of fused-ring (bicyclic) bond motifs is 4. The maximum atomic E-state index is 4.52. The lowest BCUT2D eigenvalue weighted by Crippen LogP contribution is -2.27. The number of nitrogens with zero attached hydrogens (tertiary/aromatic N) is 4. The summed E-state index contributed by atoms with van der Waals surface area (Å²) in [5.74, 6) is 0. The number of anilines is 2. The maximum Gasteiger partial charge on any atom is 0.0542 e. The van der Waals surface area contributed by atoms with Crippen LogP contribution in [0, 0.1) is 0 Å². The van der Waals surface area contributed by atoms with Crippen LogP contribution in [0.25, 0.3) is 56.7 Å². The van der Waals surface area contributed by atoms with Gasteiger partial charge in [0, 0.05) is 67.4 Å². The Morgan fingerprint density at radius 3 is 1.75 bits per heavy atom. The van der Waals surface area contributed by atoms with Crippen LogP contribution >= 0.6 is 0 Å². The number of allylic oxidation sites excluding steroid dienone is 12. The molecule has 0 fully saturated rings. The molecule has 1 aliphatic rings. The first-order chi connectivity index (χ1) is 31.4. The van der Waals surface area contributed by atoms with Crippen molar-refractivity contribution in [2.75, 3.05) is 9.80 Å². The van der Waals surface area contributed by atoms with E-state index in [1.807, 2.05) is 0 Å². The molecule has 0 radical (unpaired) electrons. The van der Waals surface area contributed by atoms with Crippen molar-refractivity contribution in [3.63, 3.8) is 0 Å². The molecule has 0 unspecified atom stereocenters. The van der Waals surface area contributed by atoms with E-state index in [2.05, 4.69) is 272 Å². The monoisotopic (exact) mass is 830 g/mol. The summed E-state index contributed by atoms with van der Waals surface area (Å²) in [5, 5.41) is 5.70. The van der Waals surface area contributed by atoms with Crippen molar-refractivity contribution >= 4 is 56.7 Å². The highest BCUT2D eigenvalue weighted by molar-refractivity contribution is 6.10. The molecule has 0 aliphatic heterocycles. The van der Waals surface area contributed by atoms with Gasteiger partial charge in [-0.3, -0.25) is 0 Å². The van der Waals surface area contributed by atoms with Gasteiger partial charge in [0.25, 0.3) is 0 Å². The first kappa shape index (κ1) is 41.5. The Balaban J connectivity index is 1.03. The quantitative estimate of drug-likeness (QED) is 0.114. The summed E-state index contributed by atoms with van der Waals surface area (Å²) >= 11 is 0. The van der Waals surface area contributed by atoms with Gasteiger partial charge in [-0.2, -0.15) is 0 Å². The van der Waals surface area contributed by atoms with E-state index in [9.17, 15) is 0 Å². The third kappa shape index (κ3) is 8.39. The average molecular weight is 831 g/mol. The molecular weight excluding hydrogens is 777 g/mol. The summed E-state index contributed by atoms with van der Waals surface area (Å²) in [7, 11) is 0. The molecule has 1 aliphatic carbocycles. The van der Waals surface area contributed by atoms with Gasteiger partial charge in [0.2, 0.25) is 0 Å². The number of para-hydroxylation sites is 5. The molecule has 4 nitrogen and oxygen atoms in total. The van der Waals surface area contributed by atoms with Crippen molar-refractivity contribution in [1.29, 1.82) is 0 Å². The number of hydrogen-bond donors (Lipinski definition) is 0. The van der Waals surface area contributed by atoms with Crippen molar-refractivity contribution in [2.24, 2.45) is 0 Å². The zero-order chi connectivity index (χ0) is 44.0. The van der Waals surface area contributed by atoms with E-state index >= 15 is 0 Å². The summed E-state index contributed by atoms with van der Waals surface area (Å²) in [4.78, 5) is 4.63. The average Bonchev–Trinajstić information content (AvgIpc) is 3.83. The molecule has 314 valence electrons. The molecular formula is C60H54N4. The SMILES string of the molecule is C=c1c(=CC=CN(C(C)=CC=C(C)C(C)=CC=C(C)N(C2=CCCC=C2)c2ccc3c(c2)c2ccccc2n3-c2ccccc2)c2ccccc2)n(-c2ccccc2)c2ccccc12. The zero-order valence-electron chi connectivity index (χ0n) is 37.2. The Morgan fingerprint density at radius 2 is 1.09 bits per heavy atom. The third-order valence-corrected chi connectivity index (χ3v) is 12.2. The molecule has 0 saturated heterocycles. The van der Waals surface area contributed by atoms with E-state index in [1.54, 1.807) is 0 Å². The van der Waals surface area contributed by atoms with Gasteiger partial charge in [0.05, 0.1) is 21.9 Å². The van der Waals surface area contributed by atoms with Crippen LogP contribution in [0.5, 0.6) is 0 Å². The summed E-state index contributed by atoms with van der Waals surface area (Å²) in [6.45, 7) is 13.3. The molecule has 2 aromatic heterocycles. The van der Waals surface area contributed by atoms with Crippen LogP contribution in [0.2, 0.25) is 0 Å². The lowest BCUT2D eigenvalue weighted by Gasteiger charge is -2.28. The summed E-state index contributed by atoms with van der Waals surface area (Å²) < 4.78 is 4.67. The van der Waals surface area contributed by atoms with Gasteiger partial charge in [0.15, 0.2) is 0 Å². The Kier molecular flexibility index (Phi) is 12.1. The number of aromatic nitrogens is 2. The van der Waals surface area contributed by atoms with E-state index in [0.29, 0.717) is 0 Å². The Labute approximate surface area is 377 Å². The standard InChI is InChI=1S/C60H54N4/c1-44(36-38-46(3)61(49-23-10-6-11-24-49)42-22-35-57-48(5)54-31-18-20-33-58(54)63(57)51-27-14-8-15-28-51)45(2)37-39-47(4)62(50-25-12-7-13-26-50)53-40-41-60-56(43-53)55-32-19-21-34-59(55)64(60)52-29-16-9-17-30-52/h6,8-12,14-43H,5,7,13H2,1-4H3. The Morgan fingerprint density at radius 1 is 0.531 bits per heavy atom. The van der Waals surface area contributed by atoms with Crippen molar-refractivity contribution in [3.8, 4) is 11.4 Å². The highest BCUT2D eigenvalue weighted by Gasteiger charge is 2.18. The van der Waals surface area contributed by atoms with E-state index < -0.39 is 0 Å². The van der Waals surface area contributed by atoms with Gasteiger partial charge < -0.3 is 18.9 Å². The predicted molar refractivity (Wildman–Crippen MR) is 275 cm³/mol. The summed E-state index contributed by atoms with van der Waals surface area (Å²) in [5.41, 5.74) is 13.9. The van der Waals surface area contributed by atoms with Gasteiger partial charge in [0.1, 0.15) is 0 Å². The van der Waals surface area contributed by atoms with Crippen molar-refractivity contribution < 1.29 is 0 Å². The normalized spacial score (nSPS) is 14.3. The fourth-order valence-electron chi connectivity index (χ4n) is 8.76. The lowest BCUT2D eigenvalue weighted by atomic mass is 10.1. The lowest BCUT2D eigenvalue weighted by molar-refractivity contribution is 0.978. The molecule has 8 aromatic rings. The zero-order valence-corrected chi connectivity index (χ0v) is 37.2. The van der Waals surface area contributed by atoms with Gasteiger partial charge in [-0.05, 0) is 149 Å². The smallest absolute Gasteiger partial charge is 0.0542 e. The van der Waals surface area contributed by atoms with E-state index in [1.165, 1.54) is 38.6 Å². The second-order valence-electron chi connectivity index (χ2n) is 16.4. The predicted octanol–water partition coefficient (Wildman–Crippen LogP) is 14.4.